The fraction of sp³-hybridized carbons (Fsp3) is 0.500. The first kappa shape index (κ1) is 14.7. The molecule has 3 rings (SSSR count). The van der Waals surface area contributed by atoms with Crippen LogP contribution in [0.15, 0.2) is 29.0 Å². The van der Waals surface area contributed by atoms with Crippen LogP contribution in [0.2, 0.25) is 0 Å². The second-order valence-electron chi connectivity index (χ2n) is 6.18. The van der Waals surface area contributed by atoms with Crippen molar-refractivity contribution in [3.8, 4) is 0 Å². The molecule has 0 bridgehead atoms. The maximum absolute atomic E-state index is 4.56. The summed E-state index contributed by atoms with van der Waals surface area (Å²) in [4.78, 5) is 13.7. The Bertz CT molecular complexity index is 652. The SMILES string of the molecule is CN(CC1(N(C)C)CCC1)c1ccnc2cc(Br)cnc12. The first-order valence-corrected chi connectivity index (χ1v) is 8.10. The molecule has 112 valence electrons. The highest BCUT2D eigenvalue weighted by atomic mass is 79.9. The normalized spacial score (nSPS) is 17.0. The molecular weight excluding hydrogens is 328 g/mol. The van der Waals surface area contributed by atoms with Gasteiger partial charge >= 0.3 is 0 Å². The second-order valence-corrected chi connectivity index (χ2v) is 7.10. The van der Waals surface area contributed by atoms with Gasteiger partial charge in [-0.1, -0.05) is 0 Å². The Morgan fingerprint density at radius 3 is 2.62 bits per heavy atom. The van der Waals surface area contributed by atoms with Crippen LogP contribution in [-0.2, 0) is 0 Å². The quantitative estimate of drug-likeness (QED) is 0.848. The average Bonchev–Trinajstić information content (AvgIpc) is 2.41. The minimum absolute atomic E-state index is 0.305. The lowest BCUT2D eigenvalue weighted by Gasteiger charge is -2.49. The first-order valence-electron chi connectivity index (χ1n) is 7.31. The molecule has 21 heavy (non-hydrogen) atoms. The van der Waals surface area contributed by atoms with Gasteiger partial charge in [-0.25, -0.2) is 0 Å². The Labute approximate surface area is 134 Å². The molecule has 1 aliphatic rings. The summed E-state index contributed by atoms with van der Waals surface area (Å²) in [5.74, 6) is 0. The Hall–Kier alpha value is -1.20. The Balaban J connectivity index is 1.93. The lowest BCUT2D eigenvalue weighted by atomic mass is 9.75. The zero-order valence-corrected chi connectivity index (χ0v) is 14.4. The summed E-state index contributed by atoms with van der Waals surface area (Å²) in [6.45, 7) is 1.02. The fourth-order valence-corrected chi connectivity index (χ4v) is 3.48. The van der Waals surface area contributed by atoms with Crippen LogP contribution >= 0.6 is 15.9 Å². The zero-order chi connectivity index (χ0) is 15.0. The minimum atomic E-state index is 0.305. The molecule has 0 aliphatic heterocycles. The molecular formula is C16H21BrN4. The van der Waals surface area contributed by atoms with Crippen molar-refractivity contribution < 1.29 is 0 Å². The number of fused-ring (bicyclic) bond motifs is 1. The van der Waals surface area contributed by atoms with Gasteiger partial charge in [0.25, 0.3) is 0 Å². The van der Waals surface area contributed by atoms with Gasteiger partial charge in [0.05, 0.1) is 11.2 Å². The van der Waals surface area contributed by atoms with Crippen molar-refractivity contribution in [2.75, 3.05) is 32.6 Å². The van der Waals surface area contributed by atoms with E-state index in [1.54, 1.807) is 0 Å². The van der Waals surface area contributed by atoms with Crippen LogP contribution in [0.25, 0.3) is 11.0 Å². The van der Waals surface area contributed by atoms with Crippen molar-refractivity contribution in [1.29, 1.82) is 0 Å². The fourth-order valence-electron chi connectivity index (χ4n) is 3.16. The predicted octanol–water partition coefficient (Wildman–Crippen LogP) is 3.31. The van der Waals surface area contributed by atoms with Gasteiger partial charge in [-0.05, 0) is 61.4 Å². The van der Waals surface area contributed by atoms with Crippen LogP contribution in [0.3, 0.4) is 0 Å². The van der Waals surface area contributed by atoms with Crippen molar-refractivity contribution in [1.82, 2.24) is 14.9 Å². The zero-order valence-electron chi connectivity index (χ0n) is 12.8. The summed E-state index contributed by atoms with van der Waals surface area (Å²) in [5, 5.41) is 0. The number of pyridine rings is 2. The Kier molecular flexibility index (Phi) is 3.88. The monoisotopic (exact) mass is 348 g/mol. The smallest absolute Gasteiger partial charge is 0.112 e. The standard InChI is InChI=1S/C16H21BrN4/c1-20(2)16(6-4-7-16)11-21(3)14-5-8-18-13-9-12(17)10-19-15(13)14/h5,8-10H,4,6-7,11H2,1-3H3. The number of likely N-dealkylation sites (N-methyl/N-ethyl adjacent to an activating group) is 2. The minimum Gasteiger partial charge on any atom is -0.371 e. The molecule has 0 saturated heterocycles. The Morgan fingerprint density at radius 1 is 1.24 bits per heavy atom. The van der Waals surface area contributed by atoms with E-state index in [-0.39, 0.29) is 0 Å². The molecule has 0 radical (unpaired) electrons. The van der Waals surface area contributed by atoms with E-state index in [1.807, 2.05) is 18.5 Å². The van der Waals surface area contributed by atoms with Gasteiger partial charge in [0.1, 0.15) is 5.52 Å². The summed E-state index contributed by atoms with van der Waals surface area (Å²) in [5.41, 5.74) is 3.36. The molecule has 2 aromatic heterocycles. The van der Waals surface area contributed by atoms with E-state index in [0.29, 0.717) is 5.54 Å². The van der Waals surface area contributed by atoms with E-state index >= 15 is 0 Å². The molecule has 4 nitrogen and oxygen atoms in total. The van der Waals surface area contributed by atoms with E-state index in [0.717, 1.165) is 27.7 Å². The van der Waals surface area contributed by atoms with Crippen molar-refractivity contribution in [3.05, 3.63) is 29.0 Å². The van der Waals surface area contributed by atoms with E-state index in [9.17, 15) is 0 Å². The van der Waals surface area contributed by atoms with Crippen molar-refractivity contribution in [2.45, 2.75) is 24.8 Å². The van der Waals surface area contributed by atoms with Gasteiger partial charge in [-0.3, -0.25) is 9.97 Å². The maximum atomic E-state index is 4.56. The summed E-state index contributed by atoms with van der Waals surface area (Å²) in [6, 6.07) is 4.08. The number of halogens is 1. The highest BCUT2D eigenvalue weighted by molar-refractivity contribution is 9.10. The molecule has 1 saturated carbocycles. The molecule has 5 heteroatoms. The lowest BCUT2D eigenvalue weighted by Crippen LogP contribution is -2.56. The molecule has 0 atom stereocenters. The van der Waals surface area contributed by atoms with Crippen LogP contribution in [0.1, 0.15) is 19.3 Å². The van der Waals surface area contributed by atoms with Gasteiger partial charge < -0.3 is 9.80 Å². The molecule has 0 N–H and O–H groups in total. The van der Waals surface area contributed by atoms with Crippen molar-refractivity contribution >= 4 is 32.7 Å². The van der Waals surface area contributed by atoms with Gasteiger partial charge in [0.15, 0.2) is 0 Å². The van der Waals surface area contributed by atoms with Crippen LogP contribution in [-0.4, -0.2) is 48.1 Å². The van der Waals surface area contributed by atoms with E-state index in [4.69, 9.17) is 0 Å². The third kappa shape index (κ3) is 2.64. The van der Waals surface area contributed by atoms with E-state index in [2.05, 4.69) is 62.9 Å². The molecule has 0 spiro atoms. The highest BCUT2D eigenvalue weighted by Crippen LogP contribution is 2.38. The summed E-state index contributed by atoms with van der Waals surface area (Å²) in [6.07, 6.45) is 7.57. The first-order chi connectivity index (χ1) is 10.0. The summed E-state index contributed by atoms with van der Waals surface area (Å²) >= 11 is 3.46. The van der Waals surface area contributed by atoms with Crippen LogP contribution < -0.4 is 4.90 Å². The maximum Gasteiger partial charge on any atom is 0.112 e. The van der Waals surface area contributed by atoms with Gasteiger partial charge in [0.2, 0.25) is 0 Å². The van der Waals surface area contributed by atoms with Crippen molar-refractivity contribution in [3.63, 3.8) is 0 Å². The van der Waals surface area contributed by atoms with Gasteiger partial charge in [-0.15, -0.1) is 0 Å². The molecule has 2 heterocycles. The largest absolute Gasteiger partial charge is 0.371 e. The molecule has 1 aliphatic carbocycles. The Morgan fingerprint density at radius 2 is 2.00 bits per heavy atom. The van der Waals surface area contributed by atoms with Crippen LogP contribution in [0, 0.1) is 0 Å². The van der Waals surface area contributed by atoms with Gasteiger partial charge in [0, 0.05) is 36.0 Å². The predicted molar refractivity (Wildman–Crippen MR) is 90.8 cm³/mol. The second kappa shape index (κ2) is 5.54. The third-order valence-corrected chi connectivity index (χ3v) is 5.13. The summed E-state index contributed by atoms with van der Waals surface area (Å²) < 4.78 is 0.964. The van der Waals surface area contributed by atoms with E-state index in [1.165, 1.54) is 19.3 Å². The number of rotatable bonds is 4. The molecule has 0 unspecified atom stereocenters. The molecule has 0 aromatic carbocycles. The van der Waals surface area contributed by atoms with Crippen LogP contribution in [0.5, 0.6) is 0 Å². The molecule has 0 amide bonds. The van der Waals surface area contributed by atoms with Crippen molar-refractivity contribution in [2.24, 2.45) is 0 Å². The lowest BCUT2D eigenvalue weighted by molar-refractivity contribution is 0.0683. The van der Waals surface area contributed by atoms with Gasteiger partial charge in [-0.2, -0.15) is 0 Å². The third-order valence-electron chi connectivity index (χ3n) is 4.70. The summed E-state index contributed by atoms with van der Waals surface area (Å²) in [7, 11) is 6.53. The number of hydrogen-bond acceptors (Lipinski definition) is 4. The molecule has 1 fully saturated rings. The topological polar surface area (TPSA) is 32.3 Å². The molecule has 2 aromatic rings. The number of nitrogens with zero attached hydrogens (tertiary/aromatic N) is 4. The number of anilines is 1. The number of aromatic nitrogens is 2. The number of hydrogen-bond donors (Lipinski definition) is 0. The highest BCUT2D eigenvalue weighted by Gasteiger charge is 2.40. The van der Waals surface area contributed by atoms with E-state index < -0.39 is 0 Å². The van der Waals surface area contributed by atoms with Crippen LogP contribution in [0.4, 0.5) is 5.69 Å². The average molecular weight is 349 g/mol.